The number of carbonyl (C=O) groups is 1. The molecule has 0 saturated carbocycles. The van der Waals surface area contributed by atoms with Crippen LogP contribution in [0.3, 0.4) is 0 Å². The van der Waals surface area contributed by atoms with Crippen LogP contribution >= 0.6 is 34.5 Å². The average Bonchev–Trinajstić information content (AvgIpc) is 2.98. The lowest BCUT2D eigenvalue weighted by molar-refractivity contribution is -0.111. The first kappa shape index (κ1) is 20.9. The van der Waals surface area contributed by atoms with Gasteiger partial charge in [0.15, 0.2) is 0 Å². The van der Waals surface area contributed by atoms with Crippen molar-refractivity contribution in [2.75, 3.05) is 5.32 Å². The van der Waals surface area contributed by atoms with Gasteiger partial charge in [-0.1, -0.05) is 50.0 Å². The molecule has 1 aliphatic carbocycles. The predicted molar refractivity (Wildman–Crippen MR) is 118 cm³/mol. The first-order valence-corrected chi connectivity index (χ1v) is 10.7. The number of benzene rings is 1. The van der Waals surface area contributed by atoms with Crippen LogP contribution in [0.1, 0.15) is 48.8 Å². The Kier molecular flexibility index (Phi) is 6.19. The number of fused-ring (bicyclic) bond motifs is 1. The molecule has 0 bridgehead atoms. The van der Waals surface area contributed by atoms with E-state index in [2.05, 4.69) is 32.2 Å². The Balaban J connectivity index is 1.76. The van der Waals surface area contributed by atoms with E-state index in [0.717, 1.165) is 30.4 Å². The SMILES string of the molecule is CC(C)(C)C1CCc2c(sc(NC(=O)C=Cc3ccc(Cl)c(Cl)c3)c2C#N)C1. The molecule has 0 fully saturated rings. The van der Waals surface area contributed by atoms with Crippen LogP contribution in [0.4, 0.5) is 5.00 Å². The molecule has 0 aliphatic heterocycles. The number of rotatable bonds is 3. The molecule has 1 unspecified atom stereocenters. The fourth-order valence-corrected chi connectivity index (χ4v) is 5.06. The molecule has 0 spiro atoms. The van der Waals surface area contributed by atoms with Crippen LogP contribution in [0.25, 0.3) is 6.08 Å². The van der Waals surface area contributed by atoms with Crippen LogP contribution in [-0.2, 0) is 17.6 Å². The lowest BCUT2D eigenvalue weighted by Crippen LogP contribution is -2.26. The standard InChI is InChI=1S/C22H22Cl2N2OS/c1-22(2,3)14-6-7-15-16(12-25)21(28-19(15)11-14)26-20(27)9-5-13-4-8-17(23)18(24)10-13/h4-5,8-10,14H,6-7,11H2,1-3H3,(H,26,27). The minimum absolute atomic E-state index is 0.237. The maximum absolute atomic E-state index is 12.4. The van der Waals surface area contributed by atoms with Gasteiger partial charge in [0.25, 0.3) is 0 Å². The first-order chi connectivity index (χ1) is 13.2. The minimum atomic E-state index is -0.270. The summed E-state index contributed by atoms with van der Waals surface area (Å²) in [6.07, 6.45) is 6.05. The second-order valence-electron chi connectivity index (χ2n) is 8.12. The lowest BCUT2D eigenvalue weighted by Gasteiger charge is -2.33. The fraction of sp³-hybridized carbons (Fsp3) is 0.364. The monoisotopic (exact) mass is 432 g/mol. The van der Waals surface area contributed by atoms with Gasteiger partial charge in [-0.3, -0.25) is 4.79 Å². The molecule has 1 atom stereocenters. The Labute approximate surface area is 180 Å². The maximum Gasteiger partial charge on any atom is 0.249 e. The third-order valence-corrected chi connectivity index (χ3v) is 7.12. The van der Waals surface area contributed by atoms with Gasteiger partial charge in [0.1, 0.15) is 11.1 Å². The number of halogens is 2. The Morgan fingerprint density at radius 1 is 1.32 bits per heavy atom. The highest BCUT2D eigenvalue weighted by molar-refractivity contribution is 7.16. The number of thiophene rings is 1. The molecular formula is C22H22Cl2N2OS. The molecule has 1 amide bonds. The largest absolute Gasteiger partial charge is 0.313 e. The van der Waals surface area contributed by atoms with Crippen LogP contribution in [0, 0.1) is 22.7 Å². The highest BCUT2D eigenvalue weighted by Crippen LogP contribution is 2.44. The van der Waals surface area contributed by atoms with Gasteiger partial charge >= 0.3 is 0 Å². The summed E-state index contributed by atoms with van der Waals surface area (Å²) in [5, 5.41) is 14.1. The molecule has 146 valence electrons. The van der Waals surface area contributed by atoms with Crippen molar-refractivity contribution in [3.05, 3.63) is 55.9 Å². The maximum atomic E-state index is 12.4. The van der Waals surface area contributed by atoms with Crippen LogP contribution < -0.4 is 5.32 Å². The Morgan fingerprint density at radius 2 is 2.07 bits per heavy atom. The highest BCUT2D eigenvalue weighted by Gasteiger charge is 2.32. The van der Waals surface area contributed by atoms with Crippen molar-refractivity contribution in [1.29, 1.82) is 5.26 Å². The molecule has 1 heterocycles. The number of carbonyl (C=O) groups excluding carboxylic acids is 1. The zero-order valence-electron chi connectivity index (χ0n) is 16.1. The number of nitrogens with zero attached hydrogens (tertiary/aromatic N) is 1. The molecule has 1 aromatic heterocycles. The van der Waals surface area contributed by atoms with Gasteiger partial charge in [-0.2, -0.15) is 5.26 Å². The summed E-state index contributed by atoms with van der Waals surface area (Å²) in [6, 6.07) is 7.46. The van der Waals surface area contributed by atoms with Gasteiger partial charge in [0, 0.05) is 11.0 Å². The summed E-state index contributed by atoms with van der Waals surface area (Å²) in [5.41, 5.74) is 2.74. The zero-order valence-corrected chi connectivity index (χ0v) is 18.4. The average molecular weight is 433 g/mol. The van der Waals surface area contributed by atoms with Crippen LogP contribution in [0.2, 0.25) is 10.0 Å². The third-order valence-electron chi connectivity index (χ3n) is 5.21. The Bertz CT molecular complexity index is 980. The van der Waals surface area contributed by atoms with E-state index in [9.17, 15) is 10.1 Å². The van der Waals surface area contributed by atoms with Crippen LogP contribution in [0.5, 0.6) is 0 Å². The van der Waals surface area contributed by atoms with Crippen LogP contribution in [0.15, 0.2) is 24.3 Å². The fourth-order valence-electron chi connectivity index (χ4n) is 3.47. The lowest BCUT2D eigenvalue weighted by atomic mass is 9.72. The number of nitrogens with one attached hydrogen (secondary N) is 1. The third kappa shape index (κ3) is 4.60. The number of hydrogen-bond acceptors (Lipinski definition) is 3. The smallest absolute Gasteiger partial charge is 0.249 e. The molecule has 0 saturated heterocycles. The normalized spacial score (nSPS) is 16.6. The molecular weight excluding hydrogens is 411 g/mol. The van der Waals surface area contributed by atoms with Gasteiger partial charge in [0.2, 0.25) is 5.91 Å². The molecule has 2 aromatic rings. The van der Waals surface area contributed by atoms with E-state index in [1.807, 2.05) is 0 Å². The van der Waals surface area contributed by atoms with Gasteiger partial charge < -0.3 is 5.32 Å². The van der Waals surface area contributed by atoms with E-state index in [1.165, 1.54) is 22.3 Å². The first-order valence-electron chi connectivity index (χ1n) is 9.17. The van der Waals surface area contributed by atoms with Crippen LogP contribution in [-0.4, -0.2) is 5.91 Å². The summed E-state index contributed by atoms with van der Waals surface area (Å²) in [4.78, 5) is 13.6. The number of anilines is 1. The predicted octanol–water partition coefficient (Wildman–Crippen LogP) is 6.73. The molecule has 1 aliphatic rings. The van der Waals surface area contributed by atoms with Crippen molar-refractivity contribution in [1.82, 2.24) is 0 Å². The molecule has 1 aromatic carbocycles. The van der Waals surface area contributed by atoms with E-state index >= 15 is 0 Å². The van der Waals surface area contributed by atoms with Gasteiger partial charge in [0.05, 0.1) is 15.6 Å². The van der Waals surface area contributed by atoms with Crippen molar-refractivity contribution in [3.8, 4) is 6.07 Å². The van der Waals surface area contributed by atoms with E-state index in [0.29, 0.717) is 26.5 Å². The highest BCUT2D eigenvalue weighted by atomic mass is 35.5. The summed E-state index contributed by atoms with van der Waals surface area (Å²) in [6.45, 7) is 6.79. The van der Waals surface area contributed by atoms with Crippen molar-refractivity contribution in [2.45, 2.75) is 40.0 Å². The number of nitriles is 1. The Morgan fingerprint density at radius 3 is 2.71 bits per heavy atom. The zero-order chi connectivity index (χ0) is 20.5. The van der Waals surface area contributed by atoms with E-state index < -0.39 is 0 Å². The summed E-state index contributed by atoms with van der Waals surface area (Å²) >= 11 is 13.4. The second-order valence-corrected chi connectivity index (χ2v) is 10.0. The molecule has 1 N–H and O–H groups in total. The summed E-state index contributed by atoms with van der Waals surface area (Å²) in [5.74, 6) is 0.317. The van der Waals surface area contributed by atoms with E-state index in [4.69, 9.17) is 23.2 Å². The van der Waals surface area contributed by atoms with Crippen molar-refractivity contribution < 1.29 is 4.79 Å². The van der Waals surface area contributed by atoms with Gasteiger partial charge in [-0.15, -0.1) is 11.3 Å². The van der Waals surface area contributed by atoms with E-state index in [1.54, 1.807) is 24.3 Å². The van der Waals surface area contributed by atoms with E-state index in [-0.39, 0.29) is 11.3 Å². The number of amides is 1. The van der Waals surface area contributed by atoms with Crippen molar-refractivity contribution in [2.24, 2.45) is 11.3 Å². The van der Waals surface area contributed by atoms with Gasteiger partial charge in [-0.05, 0) is 59.9 Å². The number of hydrogen-bond donors (Lipinski definition) is 1. The second kappa shape index (κ2) is 8.29. The topological polar surface area (TPSA) is 52.9 Å². The van der Waals surface area contributed by atoms with Gasteiger partial charge in [-0.25, -0.2) is 0 Å². The van der Waals surface area contributed by atoms with Crippen molar-refractivity contribution in [3.63, 3.8) is 0 Å². The molecule has 0 radical (unpaired) electrons. The Hall–Kier alpha value is -1.80. The molecule has 28 heavy (non-hydrogen) atoms. The quantitative estimate of drug-likeness (QED) is 0.546. The summed E-state index contributed by atoms with van der Waals surface area (Å²) < 4.78 is 0. The molecule has 3 nitrogen and oxygen atoms in total. The summed E-state index contributed by atoms with van der Waals surface area (Å²) in [7, 11) is 0. The molecule has 6 heteroatoms. The molecule has 3 rings (SSSR count). The van der Waals surface area contributed by atoms with Crippen molar-refractivity contribution >= 4 is 51.5 Å². The minimum Gasteiger partial charge on any atom is -0.313 e.